The molecule has 1 aromatic carbocycles. The number of carbonyl (C=O) groups excluding carboxylic acids is 2. The Morgan fingerprint density at radius 3 is 2.79 bits per heavy atom. The van der Waals surface area contributed by atoms with E-state index < -0.39 is 0 Å². The number of hydrogen-bond donors (Lipinski definition) is 0. The van der Waals surface area contributed by atoms with Crippen LogP contribution >= 0.6 is 0 Å². The van der Waals surface area contributed by atoms with Crippen LogP contribution in [0.15, 0.2) is 34.8 Å². The van der Waals surface area contributed by atoms with Crippen molar-refractivity contribution in [3.05, 3.63) is 36.1 Å². The van der Waals surface area contributed by atoms with Crippen LogP contribution in [0.4, 0.5) is 0 Å². The fraction of sp³-hybridized carbons (Fsp3) is 0.455. The molecule has 0 aliphatic carbocycles. The molecule has 1 amide bonds. The number of furan rings is 1. The molecule has 1 fully saturated rings. The number of rotatable bonds is 8. The van der Waals surface area contributed by atoms with E-state index in [0.717, 1.165) is 11.0 Å². The minimum absolute atomic E-state index is 0.0401. The summed E-state index contributed by atoms with van der Waals surface area (Å²) >= 11 is 0. The van der Waals surface area contributed by atoms with E-state index in [2.05, 4.69) is 0 Å². The van der Waals surface area contributed by atoms with Gasteiger partial charge in [0.25, 0.3) is 0 Å². The minimum Gasteiger partial charge on any atom is -0.490 e. The summed E-state index contributed by atoms with van der Waals surface area (Å²) in [5.74, 6) is 0.982. The van der Waals surface area contributed by atoms with Crippen LogP contribution < -0.4 is 4.74 Å². The molecule has 7 nitrogen and oxygen atoms in total. The molecule has 0 unspecified atom stereocenters. The van der Waals surface area contributed by atoms with E-state index in [1.54, 1.807) is 17.9 Å². The summed E-state index contributed by atoms with van der Waals surface area (Å²) in [5, 5.41) is 0.898. The molecule has 7 heteroatoms. The fourth-order valence-corrected chi connectivity index (χ4v) is 3.11. The van der Waals surface area contributed by atoms with Gasteiger partial charge in [0.2, 0.25) is 5.91 Å². The van der Waals surface area contributed by atoms with Crippen LogP contribution in [0.5, 0.6) is 5.75 Å². The maximum absolute atomic E-state index is 12.4. The highest BCUT2D eigenvalue weighted by molar-refractivity contribution is 5.96. The number of benzene rings is 1. The monoisotopic (exact) mass is 401 g/mol. The van der Waals surface area contributed by atoms with Gasteiger partial charge in [0.05, 0.1) is 26.4 Å². The second-order valence-corrected chi connectivity index (χ2v) is 6.81. The Labute approximate surface area is 170 Å². The third-order valence-corrected chi connectivity index (χ3v) is 4.65. The standard InChI is InChI=1S/C22H27NO6/c1-3-27-21(25)8-5-11-28-18-7-4-6-17-15-19(29-22(17)18)16(2)14-20(24)23-9-12-26-13-10-23/h4,6-7,14-15H,3,5,8-13H2,1-2H3/b16-14-. The lowest BCUT2D eigenvalue weighted by molar-refractivity contribution is -0.143. The van der Waals surface area contributed by atoms with Crippen molar-refractivity contribution in [1.29, 1.82) is 0 Å². The van der Waals surface area contributed by atoms with E-state index in [1.165, 1.54) is 0 Å². The van der Waals surface area contributed by atoms with E-state index in [4.69, 9.17) is 18.6 Å². The fourth-order valence-electron chi connectivity index (χ4n) is 3.11. The molecule has 2 heterocycles. The zero-order chi connectivity index (χ0) is 20.6. The molecule has 1 aliphatic heterocycles. The molecule has 0 saturated carbocycles. The van der Waals surface area contributed by atoms with Gasteiger partial charge in [-0.2, -0.15) is 0 Å². The predicted molar refractivity (Wildman–Crippen MR) is 109 cm³/mol. The summed E-state index contributed by atoms with van der Waals surface area (Å²) < 4.78 is 22.0. The van der Waals surface area contributed by atoms with Crippen molar-refractivity contribution >= 4 is 28.4 Å². The lowest BCUT2D eigenvalue weighted by Gasteiger charge is -2.25. The van der Waals surface area contributed by atoms with Crippen LogP contribution in [0.2, 0.25) is 0 Å². The van der Waals surface area contributed by atoms with E-state index in [9.17, 15) is 9.59 Å². The SMILES string of the molecule is CCOC(=O)CCCOc1cccc2cc(/C(C)=C\C(=O)N3CCOCC3)oc12. The smallest absolute Gasteiger partial charge is 0.305 e. The Hall–Kier alpha value is -2.80. The molecule has 0 radical (unpaired) electrons. The van der Waals surface area contributed by atoms with E-state index in [0.29, 0.717) is 69.5 Å². The quantitative estimate of drug-likeness (QED) is 0.383. The van der Waals surface area contributed by atoms with Crippen molar-refractivity contribution in [3.63, 3.8) is 0 Å². The van der Waals surface area contributed by atoms with Crippen LogP contribution in [0.3, 0.4) is 0 Å². The molecule has 2 aromatic rings. The first kappa shape index (κ1) is 20.9. The average molecular weight is 401 g/mol. The minimum atomic E-state index is -0.222. The number of ether oxygens (including phenoxy) is 3. The lowest BCUT2D eigenvalue weighted by Crippen LogP contribution is -2.39. The van der Waals surface area contributed by atoms with Gasteiger partial charge >= 0.3 is 5.97 Å². The van der Waals surface area contributed by atoms with Gasteiger partial charge in [-0.25, -0.2) is 0 Å². The molecule has 29 heavy (non-hydrogen) atoms. The molecular formula is C22H27NO6. The summed E-state index contributed by atoms with van der Waals surface area (Å²) in [4.78, 5) is 25.6. The molecule has 1 saturated heterocycles. The number of amides is 1. The number of morpholine rings is 1. The Bertz CT molecular complexity index is 879. The number of para-hydroxylation sites is 1. The first-order valence-electron chi connectivity index (χ1n) is 9.94. The third-order valence-electron chi connectivity index (χ3n) is 4.65. The summed E-state index contributed by atoms with van der Waals surface area (Å²) in [6, 6.07) is 7.56. The van der Waals surface area contributed by atoms with Crippen molar-refractivity contribution < 1.29 is 28.2 Å². The van der Waals surface area contributed by atoms with Crippen molar-refractivity contribution in [1.82, 2.24) is 4.90 Å². The largest absolute Gasteiger partial charge is 0.490 e. The summed E-state index contributed by atoms with van der Waals surface area (Å²) in [6.45, 7) is 6.76. The number of hydrogen-bond acceptors (Lipinski definition) is 6. The van der Waals surface area contributed by atoms with Gasteiger partial charge in [-0.1, -0.05) is 12.1 Å². The number of carbonyl (C=O) groups is 2. The molecule has 3 rings (SSSR count). The number of esters is 1. The van der Waals surface area contributed by atoms with E-state index in [-0.39, 0.29) is 11.9 Å². The average Bonchev–Trinajstić information content (AvgIpc) is 3.17. The summed E-state index contributed by atoms with van der Waals surface area (Å²) in [6.07, 6.45) is 2.48. The summed E-state index contributed by atoms with van der Waals surface area (Å²) in [5.41, 5.74) is 1.39. The van der Waals surface area contributed by atoms with Gasteiger partial charge in [0, 0.05) is 31.0 Å². The second-order valence-electron chi connectivity index (χ2n) is 6.81. The topological polar surface area (TPSA) is 78.2 Å². The number of allylic oxidation sites excluding steroid dienone is 1. The van der Waals surface area contributed by atoms with Gasteiger partial charge in [-0.3, -0.25) is 9.59 Å². The van der Waals surface area contributed by atoms with Gasteiger partial charge < -0.3 is 23.5 Å². The Kier molecular flexibility index (Phi) is 7.30. The molecule has 1 aromatic heterocycles. The van der Waals surface area contributed by atoms with Crippen molar-refractivity contribution in [2.75, 3.05) is 39.5 Å². The van der Waals surface area contributed by atoms with Crippen LogP contribution in [-0.4, -0.2) is 56.3 Å². The van der Waals surface area contributed by atoms with E-state index >= 15 is 0 Å². The van der Waals surface area contributed by atoms with Gasteiger partial charge in [-0.15, -0.1) is 0 Å². The summed E-state index contributed by atoms with van der Waals surface area (Å²) in [7, 11) is 0. The maximum Gasteiger partial charge on any atom is 0.305 e. The molecule has 1 aliphatic rings. The lowest BCUT2D eigenvalue weighted by atomic mass is 10.2. The Morgan fingerprint density at radius 1 is 1.24 bits per heavy atom. The highest BCUT2D eigenvalue weighted by atomic mass is 16.5. The zero-order valence-electron chi connectivity index (χ0n) is 16.9. The van der Waals surface area contributed by atoms with Crippen molar-refractivity contribution in [2.24, 2.45) is 0 Å². The third kappa shape index (κ3) is 5.60. The first-order chi connectivity index (χ1) is 14.1. The molecular weight excluding hydrogens is 374 g/mol. The van der Waals surface area contributed by atoms with Crippen LogP contribution in [0, 0.1) is 0 Å². The van der Waals surface area contributed by atoms with Crippen molar-refractivity contribution in [3.8, 4) is 5.75 Å². The van der Waals surface area contributed by atoms with Crippen LogP contribution in [0.25, 0.3) is 16.5 Å². The van der Waals surface area contributed by atoms with Crippen LogP contribution in [-0.2, 0) is 19.1 Å². The Balaban J connectivity index is 1.66. The molecule has 0 bridgehead atoms. The maximum atomic E-state index is 12.4. The zero-order valence-corrected chi connectivity index (χ0v) is 16.9. The highest BCUT2D eigenvalue weighted by Gasteiger charge is 2.17. The van der Waals surface area contributed by atoms with E-state index in [1.807, 2.05) is 31.2 Å². The molecule has 0 spiro atoms. The number of fused-ring (bicyclic) bond motifs is 1. The molecule has 156 valence electrons. The van der Waals surface area contributed by atoms with Crippen LogP contribution in [0.1, 0.15) is 32.4 Å². The van der Waals surface area contributed by atoms with Crippen molar-refractivity contribution in [2.45, 2.75) is 26.7 Å². The highest BCUT2D eigenvalue weighted by Crippen LogP contribution is 2.31. The first-order valence-corrected chi connectivity index (χ1v) is 9.94. The normalized spacial score (nSPS) is 14.8. The predicted octanol–water partition coefficient (Wildman–Crippen LogP) is 3.42. The van der Waals surface area contributed by atoms with Gasteiger partial charge in [-0.05, 0) is 38.0 Å². The van der Waals surface area contributed by atoms with Gasteiger partial charge in [0.1, 0.15) is 5.76 Å². The Morgan fingerprint density at radius 2 is 2.03 bits per heavy atom. The second kappa shape index (κ2) is 10.1. The molecule has 0 N–H and O–H groups in total. The molecule has 0 atom stereocenters. The van der Waals surface area contributed by atoms with Gasteiger partial charge in [0.15, 0.2) is 11.3 Å². The number of nitrogens with zero attached hydrogens (tertiary/aromatic N) is 1.